The molecule has 3 heterocycles. The van der Waals surface area contributed by atoms with Crippen LogP contribution in [0.5, 0.6) is 0 Å². The third-order valence-electron chi connectivity index (χ3n) is 4.12. The molecule has 22 heavy (non-hydrogen) atoms. The fourth-order valence-corrected chi connectivity index (χ4v) is 3.04. The number of hydrogen-bond donors (Lipinski definition) is 1. The Bertz CT molecular complexity index is 675. The van der Waals surface area contributed by atoms with Gasteiger partial charge in [-0.15, -0.1) is 5.10 Å². The molecule has 0 aliphatic carbocycles. The molecule has 1 aliphatic heterocycles. The van der Waals surface area contributed by atoms with Crippen molar-refractivity contribution in [2.75, 3.05) is 13.1 Å². The second-order valence-electron chi connectivity index (χ2n) is 5.88. The summed E-state index contributed by atoms with van der Waals surface area (Å²) < 4.78 is 7.36. The highest BCUT2D eigenvalue weighted by Gasteiger charge is 2.23. The average molecular weight is 303 g/mol. The van der Waals surface area contributed by atoms with Gasteiger partial charge in [0.1, 0.15) is 17.8 Å². The quantitative estimate of drug-likeness (QED) is 0.922. The van der Waals surface area contributed by atoms with Gasteiger partial charge in [-0.05, 0) is 39.3 Å². The predicted molar refractivity (Wildman–Crippen MR) is 80.3 cm³/mol. The van der Waals surface area contributed by atoms with Crippen LogP contribution in [-0.2, 0) is 6.54 Å². The fraction of sp³-hybridized carbons (Fsp3) is 0.533. The molecule has 118 valence electrons. The molecule has 1 fully saturated rings. The number of aromatic nitrogens is 3. The van der Waals surface area contributed by atoms with E-state index in [4.69, 9.17) is 10.2 Å². The van der Waals surface area contributed by atoms with Crippen LogP contribution < -0.4 is 5.73 Å². The molecule has 1 saturated heterocycles. The number of nitrogens with two attached hydrogens (primary N) is 1. The van der Waals surface area contributed by atoms with Gasteiger partial charge in [-0.1, -0.05) is 0 Å². The van der Waals surface area contributed by atoms with Crippen molar-refractivity contribution in [1.82, 2.24) is 19.7 Å². The van der Waals surface area contributed by atoms with Crippen LogP contribution in [0.15, 0.2) is 16.8 Å². The number of amides is 1. The van der Waals surface area contributed by atoms with Crippen molar-refractivity contribution in [3.63, 3.8) is 0 Å². The second-order valence-corrected chi connectivity index (χ2v) is 5.88. The molecule has 0 radical (unpaired) electrons. The third kappa shape index (κ3) is 3.04. The molecule has 1 unspecified atom stereocenters. The van der Waals surface area contributed by atoms with Gasteiger partial charge in [-0.2, -0.15) is 0 Å². The summed E-state index contributed by atoms with van der Waals surface area (Å²) in [5.41, 5.74) is 6.44. The topological polar surface area (TPSA) is 90.2 Å². The van der Waals surface area contributed by atoms with Gasteiger partial charge in [0, 0.05) is 18.7 Å². The molecule has 2 N–H and O–H groups in total. The van der Waals surface area contributed by atoms with E-state index in [1.807, 2.05) is 13.8 Å². The average Bonchev–Trinajstić information content (AvgIpc) is 3.07. The number of carbonyl (C=O) groups excluding carboxylic acids is 1. The van der Waals surface area contributed by atoms with Crippen LogP contribution in [0.1, 0.15) is 46.6 Å². The number of rotatable bonds is 4. The van der Waals surface area contributed by atoms with Crippen LogP contribution in [0.25, 0.3) is 0 Å². The van der Waals surface area contributed by atoms with Crippen molar-refractivity contribution in [3.05, 3.63) is 35.3 Å². The van der Waals surface area contributed by atoms with E-state index in [0.29, 0.717) is 0 Å². The number of likely N-dealkylation sites (tertiary alicyclic amines) is 1. The summed E-state index contributed by atoms with van der Waals surface area (Å²) in [5, 5.41) is 4.18. The lowest BCUT2D eigenvalue weighted by Crippen LogP contribution is -2.36. The Hall–Kier alpha value is -2.15. The van der Waals surface area contributed by atoms with Crippen LogP contribution in [0, 0.1) is 13.8 Å². The third-order valence-corrected chi connectivity index (χ3v) is 4.12. The zero-order valence-electron chi connectivity index (χ0n) is 13.0. The molecule has 7 heteroatoms. The molecule has 3 rings (SSSR count). The first kappa shape index (κ1) is 14.8. The molecular weight excluding hydrogens is 282 g/mol. The van der Waals surface area contributed by atoms with Crippen LogP contribution >= 0.6 is 0 Å². The number of aryl methyl sites for hydroxylation is 2. The molecule has 0 saturated carbocycles. The Kier molecular flexibility index (Phi) is 3.98. The van der Waals surface area contributed by atoms with Gasteiger partial charge >= 0.3 is 0 Å². The van der Waals surface area contributed by atoms with E-state index in [-0.39, 0.29) is 11.9 Å². The summed E-state index contributed by atoms with van der Waals surface area (Å²) in [6, 6.07) is 2.32. The smallest absolute Gasteiger partial charge is 0.288 e. The van der Waals surface area contributed by atoms with E-state index < -0.39 is 5.91 Å². The highest BCUT2D eigenvalue weighted by atomic mass is 16.3. The maximum atomic E-state index is 11.1. The number of furan rings is 1. The first-order valence-electron chi connectivity index (χ1n) is 7.52. The number of nitrogens with zero attached hydrogens (tertiary/aromatic N) is 4. The summed E-state index contributed by atoms with van der Waals surface area (Å²) in [4.78, 5) is 17.5. The highest BCUT2D eigenvalue weighted by Crippen LogP contribution is 2.24. The van der Waals surface area contributed by atoms with Gasteiger partial charge in [0.2, 0.25) is 5.82 Å². The molecule has 7 nitrogen and oxygen atoms in total. The maximum Gasteiger partial charge on any atom is 0.288 e. The van der Waals surface area contributed by atoms with E-state index in [2.05, 4.69) is 21.0 Å². The Labute approximate surface area is 129 Å². The Morgan fingerprint density at radius 2 is 2.32 bits per heavy atom. The molecule has 1 amide bonds. The van der Waals surface area contributed by atoms with Crippen molar-refractivity contribution < 1.29 is 9.21 Å². The first-order valence-corrected chi connectivity index (χ1v) is 7.52. The summed E-state index contributed by atoms with van der Waals surface area (Å²) in [6.07, 6.45) is 3.72. The predicted octanol–water partition coefficient (Wildman–Crippen LogP) is 1.42. The van der Waals surface area contributed by atoms with Gasteiger partial charge in [0.15, 0.2) is 0 Å². The minimum atomic E-state index is -0.587. The van der Waals surface area contributed by atoms with Crippen molar-refractivity contribution >= 4 is 5.91 Å². The van der Waals surface area contributed by atoms with Crippen LogP contribution in [0.2, 0.25) is 0 Å². The van der Waals surface area contributed by atoms with Crippen LogP contribution in [0.4, 0.5) is 0 Å². The lowest BCUT2D eigenvalue weighted by Gasteiger charge is -2.32. The Balaban J connectivity index is 1.68. The van der Waals surface area contributed by atoms with Gasteiger partial charge in [-0.25, -0.2) is 9.67 Å². The van der Waals surface area contributed by atoms with E-state index >= 15 is 0 Å². The van der Waals surface area contributed by atoms with Crippen molar-refractivity contribution in [2.24, 2.45) is 5.73 Å². The van der Waals surface area contributed by atoms with E-state index in [1.165, 1.54) is 5.56 Å². The van der Waals surface area contributed by atoms with Gasteiger partial charge in [-0.3, -0.25) is 9.69 Å². The molecule has 2 aromatic heterocycles. The summed E-state index contributed by atoms with van der Waals surface area (Å²) in [7, 11) is 0. The molecular formula is C15H21N5O2. The molecule has 0 spiro atoms. The number of primary amides is 1. The van der Waals surface area contributed by atoms with E-state index in [1.54, 1.807) is 11.0 Å². The Morgan fingerprint density at radius 3 is 2.95 bits per heavy atom. The highest BCUT2D eigenvalue weighted by molar-refractivity contribution is 5.88. The first-order chi connectivity index (χ1) is 10.5. The summed E-state index contributed by atoms with van der Waals surface area (Å²) in [6.45, 7) is 6.77. The van der Waals surface area contributed by atoms with Gasteiger partial charge < -0.3 is 10.2 Å². The van der Waals surface area contributed by atoms with Gasteiger partial charge in [0.25, 0.3) is 5.91 Å². The molecule has 1 aliphatic rings. The minimum Gasteiger partial charge on any atom is -0.466 e. The summed E-state index contributed by atoms with van der Waals surface area (Å²) in [5.74, 6) is 1.43. The van der Waals surface area contributed by atoms with Gasteiger partial charge in [0.05, 0.1) is 6.04 Å². The fourth-order valence-electron chi connectivity index (χ4n) is 3.04. The zero-order valence-corrected chi connectivity index (χ0v) is 13.0. The SMILES string of the molecule is Cc1cc(CN2CCCC(n3cnc(C(N)=O)n3)C2)c(C)o1. The lowest BCUT2D eigenvalue weighted by molar-refractivity contribution is 0.0989. The number of carbonyl (C=O) groups is 1. The van der Waals surface area contributed by atoms with Crippen molar-refractivity contribution in [3.8, 4) is 0 Å². The van der Waals surface area contributed by atoms with Crippen LogP contribution in [0.3, 0.4) is 0 Å². The molecule has 0 bridgehead atoms. The molecule has 2 aromatic rings. The van der Waals surface area contributed by atoms with Crippen molar-refractivity contribution in [2.45, 2.75) is 39.3 Å². The largest absolute Gasteiger partial charge is 0.466 e. The normalized spacial score (nSPS) is 19.5. The minimum absolute atomic E-state index is 0.0819. The monoisotopic (exact) mass is 303 g/mol. The van der Waals surface area contributed by atoms with Crippen LogP contribution in [-0.4, -0.2) is 38.7 Å². The number of piperidine rings is 1. The molecule has 1 atom stereocenters. The Morgan fingerprint density at radius 1 is 1.50 bits per heavy atom. The van der Waals surface area contributed by atoms with Crippen molar-refractivity contribution in [1.29, 1.82) is 0 Å². The lowest BCUT2D eigenvalue weighted by atomic mass is 10.1. The standard InChI is InChI=1S/C15H21N5O2/c1-10-6-12(11(2)22-10)7-19-5-3-4-13(8-19)20-9-17-15(18-20)14(16)21/h6,9,13H,3-5,7-8H2,1-2H3,(H2,16,21). The van der Waals surface area contributed by atoms with E-state index in [9.17, 15) is 4.79 Å². The zero-order chi connectivity index (χ0) is 15.7. The van der Waals surface area contributed by atoms with E-state index in [0.717, 1.165) is 44.0 Å². The summed E-state index contributed by atoms with van der Waals surface area (Å²) >= 11 is 0. The molecule has 0 aromatic carbocycles. The number of hydrogen-bond acceptors (Lipinski definition) is 5. The second kappa shape index (κ2) is 5.92. The maximum absolute atomic E-state index is 11.1.